The van der Waals surface area contributed by atoms with Gasteiger partial charge < -0.3 is 0 Å². The summed E-state index contributed by atoms with van der Waals surface area (Å²) in [7, 11) is 0.143. The van der Waals surface area contributed by atoms with Crippen molar-refractivity contribution in [2.75, 3.05) is 6.26 Å². The first-order valence-corrected chi connectivity index (χ1v) is 6.25. The van der Waals surface area contributed by atoms with Crippen LogP contribution in [-0.2, 0) is 0 Å². The standard InChI is InChI=1S/C10H9ClN2S/c1-7-3-13(6-12)10(11)9-5-14(2)4-8(7)9/h3-5H,1-2H3. The summed E-state index contributed by atoms with van der Waals surface area (Å²) in [6.45, 7) is 2.00. The molecular weight excluding hydrogens is 216 g/mol. The lowest BCUT2D eigenvalue weighted by Gasteiger charge is -2.20. The van der Waals surface area contributed by atoms with E-state index in [0.29, 0.717) is 5.16 Å². The Morgan fingerprint density at radius 1 is 1.57 bits per heavy atom. The van der Waals surface area contributed by atoms with E-state index in [0.717, 1.165) is 11.1 Å². The highest BCUT2D eigenvalue weighted by Crippen LogP contribution is 2.38. The molecule has 0 amide bonds. The van der Waals surface area contributed by atoms with Crippen molar-refractivity contribution in [3.63, 3.8) is 0 Å². The first-order valence-electron chi connectivity index (χ1n) is 4.11. The summed E-state index contributed by atoms with van der Waals surface area (Å²) in [5.74, 6) is 0. The smallest absolute Gasteiger partial charge is 0.189 e. The molecule has 2 nitrogen and oxygen atoms in total. The topological polar surface area (TPSA) is 27.0 Å². The Bertz CT molecular complexity index is 463. The van der Waals surface area contributed by atoms with Crippen molar-refractivity contribution in [3.8, 4) is 6.19 Å². The predicted octanol–water partition coefficient (Wildman–Crippen LogP) is 2.74. The molecule has 72 valence electrons. The molecule has 0 spiro atoms. The number of nitriles is 1. The van der Waals surface area contributed by atoms with Crippen LogP contribution in [0.2, 0.25) is 0 Å². The van der Waals surface area contributed by atoms with Crippen LogP contribution < -0.4 is 0 Å². The maximum atomic E-state index is 8.85. The molecule has 0 aliphatic carbocycles. The Hall–Kier alpha value is -0.980. The van der Waals surface area contributed by atoms with E-state index in [9.17, 15) is 0 Å². The van der Waals surface area contributed by atoms with Crippen LogP contribution in [-0.4, -0.2) is 16.5 Å². The highest BCUT2D eigenvalue weighted by atomic mass is 35.5. The number of rotatable bonds is 0. The van der Waals surface area contributed by atoms with Gasteiger partial charge in [0.2, 0.25) is 0 Å². The van der Waals surface area contributed by atoms with Gasteiger partial charge in [0.1, 0.15) is 5.16 Å². The quantitative estimate of drug-likeness (QED) is 0.359. The maximum absolute atomic E-state index is 8.85. The number of hydrogen-bond acceptors (Lipinski definition) is 2. The van der Waals surface area contributed by atoms with Crippen LogP contribution in [0.3, 0.4) is 0 Å². The molecule has 4 heteroatoms. The van der Waals surface area contributed by atoms with Gasteiger partial charge in [0.15, 0.2) is 6.19 Å². The number of halogens is 1. The van der Waals surface area contributed by atoms with Gasteiger partial charge in [0.05, 0.1) is 0 Å². The third kappa shape index (κ3) is 1.31. The Morgan fingerprint density at radius 3 is 2.93 bits per heavy atom. The van der Waals surface area contributed by atoms with Crippen LogP contribution in [0.25, 0.3) is 0 Å². The van der Waals surface area contributed by atoms with Crippen molar-refractivity contribution in [1.29, 1.82) is 5.26 Å². The fourth-order valence-corrected chi connectivity index (χ4v) is 3.19. The van der Waals surface area contributed by atoms with E-state index in [2.05, 4.69) is 17.0 Å². The second-order valence-electron chi connectivity index (χ2n) is 3.24. The van der Waals surface area contributed by atoms with E-state index < -0.39 is 0 Å². The van der Waals surface area contributed by atoms with Gasteiger partial charge in [-0.25, -0.2) is 4.90 Å². The first kappa shape index (κ1) is 9.57. The molecule has 0 aromatic heterocycles. The van der Waals surface area contributed by atoms with Gasteiger partial charge in [-0.15, -0.1) is 0 Å². The van der Waals surface area contributed by atoms with Crippen molar-refractivity contribution < 1.29 is 0 Å². The SMILES string of the molecule is CC1=CN(C#N)C(Cl)=C2C=S(C)C=C12. The van der Waals surface area contributed by atoms with Crippen LogP contribution >= 0.6 is 22.1 Å². The molecule has 2 aliphatic heterocycles. The van der Waals surface area contributed by atoms with E-state index in [-0.39, 0.29) is 10.5 Å². The van der Waals surface area contributed by atoms with Gasteiger partial charge in [-0.2, -0.15) is 15.7 Å². The molecule has 0 radical (unpaired) electrons. The summed E-state index contributed by atoms with van der Waals surface area (Å²) in [5, 5.41) is 13.7. The second kappa shape index (κ2) is 3.30. The summed E-state index contributed by atoms with van der Waals surface area (Å²) in [6.07, 6.45) is 5.94. The van der Waals surface area contributed by atoms with E-state index in [1.807, 2.05) is 13.1 Å². The normalized spacial score (nSPS) is 25.0. The van der Waals surface area contributed by atoms with E-state index >= 15 is 0 Å². The van der Waals surface area contributed by atoms with Gasteiger partial charge >= 0.3 is 0 Å². The molecule has 0 aromatic carbocycles. The lowest BCUT2D eigenvalue weighted by atomic mass is 10.0. The molecule has 2 rings (SSSR count). The predicted molar refractivity (Wildman–Crippen MR) is 61.8 cm³/mol. The third-order valence-corrected chi connectivity index (χ3v) is 3.79. The van der Waals surface area contributed by atoms with Crippen LogP contribution in [0.5, 0.6) is 0 Å². The fourth-order valence-electron chi connectivity index (χ4n) is 1.52. The molecule has 1 atom stereocenters. The second-order valence-corrected chi connectivity index (χ2v) is 5.29. The molecule has 0 fully saturated rings. The zero-order valence-corrected chi connectivity index (χ0v) is 9.49. The van der Waals surface area contributed by atoms with Crippen LogP contribution in [0.4, 0.5) is 0 Å². The monoisotopic (exact) mass is 224 g/mol. The lowest BCUT2D eigenvalue weighted by molar-refractivity contribution is 0.676. The number of hydrogen-bond donors (Lipinski definition) is 0. The summed E-state index contributed by atoms with van der Waals surface area (Å²) in [6, 6.07) is 0. The average molecular weight is 225 g/mol. The highest BCUT2D eigenvalue weighted by Gasteiger charge is 2.23. The Kier molecular flexibility index (Phi) is 2.26. The number of fused-ring (bicyclic) bond motifs is 1. The molecule has 2 aliphatic rings. The first-order chi connectivity index (χ1) is 6.63. The summed E-state index contributed by atoms with van der Waals surface area (Å²) in [4.78, 5) is 1.41. The largest absolute Gasteiger partial charge is 0.243 e. The van der Waals surface area contributed by atoms with Gasteiger partial charge in [0.25, 0.3) is 0 Å². The number of allylic oxidation sites excluding steroid dienone is 3. The molecule has 0 saturated carbocycles. The van der Waals surface area contributed by atoms with Crippen molar-refractivity contribution in [2.45, 2.75) is 6.92 Å². The van der Waals surface area contributed by atoms with Crippen LogP contribution in [0, 0.1) is 11.5 Å². The van der Waals surface area contributed by atoms with Gasteiger partial charge in [-0.3, -0.25) is 0 Å². The molecule has 2 heterocycles. The van der Waals surface area contributed by atoms with Crippen molar-refractivity contribution in [3.05, 3.63) is 33.5 Å². The summed E-state index contributed by atoms with van der Waals surface area (Å²) < 4.78 is 0. The zero-order chi connectivity index (χ0) is 10.3. The van der Waals surface area contributed by atoms with Crippen LogP contribution in [0.15, 0.2) is 33.5 Å². The maximum Gasteiger partial charge on any atom is 0.189 e. The Labute approximate surface area is 90.7 Å². The molecule has 0 N–H and O–H groups in total. The van der Waals surface area contributed by atoms with Gasteiger partial charge in [-0.05, 0) is 35.1 Å². The molecule has 0 saturated heterocycles. The Balaban J connectivity index is 2.58. The summed E-state index contributed by atoms with van der Waals surface area (Å²) in [5.41, 5.74) is 3.27. The van der Waals surface area contributed by atoms with E-state index in [1.165, 1.54) is 10.5 Å². The molecule has 14 heavy (non-hydrogen) atoms. The van der Waals surface area contributed by atoms with Crippen LogP contribution in [0.1, 0.15) is 6.92 Å². The molecular formula is C10H9ClN2S. The van der Waals surface area contributed by atoms with Crippen molar-refractivity contribution >= 4 is 27.5 Å². The summed E-state index contributed by atoms with van der Waals surface area (Å²) >= 11 is 6.09. The van der Waals surface area contributed by atoms with E-state index in [1.54, 1.807) is 6.20 Å². The van der Waals surface area contributed by atoms with Crippen molar-refractivity contribution in [2.24, 2.45) is 0 Å². The molecule has 0 aromatic rings. The number of nitrogens with zero attached hydrogens (tertiary/aromatic N) is 2. The lowest BCUT2D eigenvalue weighted by Crippen LogP contribution is -2.14. The zero-order valence-electron chi connectivity index (χ0n) is 7.91. The van der Waals surface area contributed by atoms with Crippen molar-refractivity contribution in [1.82, 2.24) is 4.90 Å². The fraction of sp³-hybridized carbons (Fsp3) is 0.200. The molecule has 0 bridgehead atoms. The minimum absolute atomic E-state index is 0.143. The third-order valence-electron chi connectivity index (χ3n) is 2.19. The van der Waals surface area contributed by atoms with Gasteiger partial charge in [-0.1, -0.05) is 11.6 Å². The van der Waals surface area contributed by atoms with E-state index in [4.69, 9.17) is 16.9 Å². The van der Waals surface area contributed by atoms with Gasteiger partial charge in [0, 0.05) is 11.8 Å². The highest BCUT2D eigenvalue weighted by molar-refractivity contribution is 8.17. The molecule has 1 unspecified atom stereocenters. The Morgan fingerprint density at radius 2 is 2.29 bits per heavy atom. The minimum Gasteiger partial charge on any atom is -0.243 e. The average Bonchev–Trinajstić information content (AvgIpc) is 2.54. The minimum atomic E-state index is 0.143.